The minimum atomic E-state index is -4.53. The zero-order valence-electron chi connectivity index (χ0n) is 14.3. The number of rotatable bonds is 4. The molecule has 0 saturated carbocycles. The van der Waals surface area contributed by atoms with Gasteiger partial charge in [-0.2, -0.15) is 17.6 Å². The SMILES string of the molecule is Fc1nc([CH]c2cnccc2C(F)(F)F)ccc1Cc1c[nH]c2ncccc12. The largest absolute Gasteiger partial charge is 0.416 e. The van der Waals surface area contributed by atoms with Gasteiger partial charge in [0.1, 0.15) is 5.65 Å². The molecule has 4 rings (SSSR count). The van der Waals surface area contributed by atoms with Crippen LogP contribution in [0.4, 0.5) is 17.6 Å². The molecule has 0 saturated heterocycles. The summed E-state index contributed by atoms with van der Waals surface area (Å²) in [5.41, 5.74) is 0.959. The Hall–Kier alpha value is -3.29. The quantitative estimate of drug-likeness (QED) is 0.409. The van der Waals surface area contributed by atoms with Crippen LogP contribution in [-0.2, 0) is 12.6 Å². The molecule has 0 aliphatic heterocycles. The van der Waals surface area contributed by atoms with Crippen molar-refractivity contribution < 1.29 is 17.6 Å². The Bertz CT molecular complexity index is 1130. The normalized spacial score (nSPS) is 11.9. The second-order valence-corrected chi connectivity index (χ2v) is 6.18. The third-order valence-electron chi connectivity index (χ3n) is 4.33. The van der Waals surface area contributed by atoms with Crippen LogP contribution in [0, 0.1) is 12.4 Å². The van der Waals surface area contributed by atoms with Gasteiger partial charge in [-0.25, -0.2) is 9.97 Å². The molecule has 0 fully saturated rings. The average molecular weight is 385 g/mol. The van der Waals surface area contributed by atoms with Crippen LogP contribution < -0.4 is 0 Å². The molecule has 0 aliphatic carbocycles. The van der Waals surface area contributed by atoms with Crippen molar-refractivity contribution in [1.82, 2.24) is 19.9 Å². The van der Waals surface area contributed by atoms with Crippen LogP contribution in [0.1, 0.15) is 27.9 Å². The highest BCUT2D eigenvalue weighted by Gasteiger charge is 2.33. The molecule has 28 heavy (non-hydrogen) atoms. The number of fused-ring (bicyclic) bond motifs is 1. The van der Waals surface area contributed by atoms with Crippen molar-refractivity contribution in [2.24, 2.45) is 0 Å². The molecule has 0 amide bonds. The second kappa shape index (κ2) is 7.03. The van der Waals surface area contributed by atoms with Crippen LogP contribution in [-0.4, -0.2) is 19.9 Å². The monoisotopic (exact) mass is 385 g/mol. The third kappa shape index (κ3) is 3.58. The maximum Gasteiger partial charge on any atom is 0.416 e. The number of halogens is 4. The molecule has 0 bridgehead atoms. The lowest BCUT2D eigenvalue weighted by Crippen LogP contribution is -2.10. The smallest absolute Gasteiger partial charge is 0.346 e. The molecular weight excluding hydrogens is 372 g/mol. The molecule has 1 N–H and O–H groups in total. The standard InChI is InChI=1S/C20H13F4N4/c21-18-12(8-13-11-27-19-16(13)2-1-6-26-19)3-4-15(28-18)9-14-10-25-7-5-17(14)20(22,23)24/h1-7,9-11H,8H2,(H,26,27). The van der Waals surface area contributed by atoms with Crippen molar-refractivity contribution in [3.63, 3.8) is 0 Å². The summed E-state index contributed by atoms with van der Waals surface area (Å²) in [6.45, 7) is 0. The first kappa shape index (κ1) is 18.1. The van der Waals surface area contributed by atoms with Crippen LogP contribution >= 0.6 is 0 Å². The maximum atomic E-state index is 14.5. The molecule has 4 nitrogen and oxygen atoms in total. The second-order valence-electron chi connectivity index (χ2n) is 6.18. The minimum Gasteiger partial charge on any atom is -0.346 e. The molecule has 4 aromatic rings. The summed E-state index contributed by atoms with van der Waals surface area (Å²) in [7, 11) is 0. The van der Waals surface area contributed by atoms with Crippen molar-refractivity contribution >= 4 is 11.0 Å². The lowest BCUT2D eigenvalue weighted by Gasteiger charge is -2.12. The number of nitrogens with one attached hydrogen (secondary N) is 1. The van der Waals surface area contributed by atoms with Gasteiger partial charge in [0.05, 0.1) is 11.3 Å². The van der Waals surface area contributed by atoms with Gasteiger partial charge in [0.2, 0.25) is 5.95 Å². The van der Waals surface area contributed by atoms with Crippen LogP contribution in [0.15, 0.2) is 55.1 Å². The lowest BCUT2D eigenvalue weighted by atomic mass is 10.0. The number of nitrogens with zero attached hydrogens (tertiary/aromatic N) is 3. The van der Waals surface area contributed by atoms with Crippen LogP contribution in [0.3, 0.4) is 0 Å². The van der Waals surface area contributed by atoms with Gasteiger partial charge in [-0.1, -0.05) is 6.07 Å². The number of H-pyrrole nitrogens is 1. The number of aromatic nitrogens is 4. The van der Waals surface area contributed by atoms with Crippen LogP contribution in [0.25, 0.3) is 11.0 Å². The summed E-state index contributed by atoms with van der Waals surface area (Å²) in [5, 5.41) is 0.878. The fourth-order valence-corrected chi connectivity index (χ4v) is 2.99. The number of hydrogen-bond donors (Lipinski definition) is 1. The zero-order chi connectivity index (χ0) is 19.7. The molecule has 8 heteroatoms. The van der Waals surface area contributed by atoms with E-state index in [9.17, 15) is 17.6 Å². The molecule has 0 aromatic carbocycles. The summed E-state index contributed by atoms with van der Waals surface area (Å²) >= 11 is 0. The van der Waals surface area contributed by atoms with E-state index in [1.54, 1.807) is 18.5 Å². The van der Waals surface area contributed by atoms with E-state index >= 15 is 0 Å². The summed E-state index contributed by atoms with van der Waals surface area (Å²) in [6.07, 6.45) is 2.47. The van der Waals surface area contributed by atoms with E-state index in [1.807, 2.05) is 6.07 Å². The van der Waals surface area contributed by atoms with Crippen molar-refractivity contribution in [2.75, 3.05) is 0 Å². The van der Waals surface area contributed by atoms with Crippen molar-refractivity contribution in [3.05, 3.63) is 95.4 Å². The molecule has 141 valence electrons. The summed E-state index contributed by atoms with van der Waals surface area (Å²) in [4.78, 5) is 14.7. The van der Waals surface area contributed by atoms with Gasteiger partial charge in [0.15, 0.2) is 0 Å². The number of alkyl halides is 3. The van der Waals surface area contributed by atoms with E-state index in [1.165, 1.54) is 12.1 Å². The fourth-order valence-electron chi connectivity index (χ4n) is 2.99. The molecule has 0 spiro atoms. The van der Waals surface area contributed by atoms with E-state index in [0.29, 0.717) is 11.2 Å². The average Bonchev–Trinajstić information content (AvgIpc) is 3.07. The van der Waals surface area contributed by atoms with E-state index in [0.717, 1.165) is 35.8 Å². The molecule has 4 heterocycles. The third-order valence-corrected chi connectivity index (χ3v) is 4.33. The Kier molecular flexibility index (Phi) is 4.54. The molecule has 0 atom stereocenters. The Morgan fingerprint density at radius 2 is 1.89 bits per heavy atom. The van der Waals surface area contributed by atoms with Crippen molar-refractivity contribution in [3.8, 4) is 0 Å². The summed E-state index contributed by atoms with van der Waals surface area (Å²) < 4.78 is 53.7. The van der Waals surface area contributed by atoms with E-state index in [-0.39, 0.29) is 17.7 Å². The topological polar surface area (TPSA) is 54.5 Å². The first-order valence-electron chi connectivity index (χ1n) is 8.34. The van der Waals surface area contributed by atoms with Gasteiger partial charge in [0.25, 0.3) is 0 Å². The summed E-state index contributed by atoms with van der Waals surface area (Å²) in [6, 6.07) is 7.55. The van der Waals surface area contributed by atoms with Gasteiger partial charge < -0.3 is 4.98 Å². The Labute approximate surface area is 157 Å². The van der Waals surface area contributed by atoms with Gasteiger partial charge in [-0.3, -0.25) is 4.98 Å². The van der Waals surface area contributed by atoms with Crippen molar-refractivity contribution in [2.45, 2.75) is 12.6 Å². The molecule has 1 radical (unpaired) electrons. The van der Waals surface area contributed by atoms with E-state index in [2.05, 4.69) is 19.9 Å². The molecule has 0 unspecified atom stereocenters. The summed E-state index contributed by atoms with van der Waals surface area (Å²) in [5.74, 6) is -0.732. The highest BCUT2D eigenvalue weighted by molar-refractivity contribution is 5.79. The van der Waals surface area contributed by atoms with Gasteiger partial charge in [0, 0.05) is 48.6 Å². The first-order chi connectivity index (χ1) is 13.4. The highest BCUT2D eigenvalue weighted by atomic mass is 19.4. The Balaban J connectivity index is 1.59. The Morgan fingerprint density at radius 3 is 2.68 bits per heavy atom. The van der Waals surface area contributed by atoms with E-state index < -0.39 is 17.7 Å². The van der Waals surface area contributed by atoms with Crippen molar-refractivity contribution in [1.29, 1.82) is 0 Å². The number of pyridine rings is 3. The van der Waals surface area contributed by atoms with E-state index in [4.69, 9.17) is 0 Å². The fraction of sp³-hybridized carbons (Fsp3) is 0.100. The minimum absolute atomic E-state index is 0.0837. The van der Waals surface area contributed by atoms with Gasteiger partial charge in [-0.05, 0) is 35.4 Å². The number of hydrogen-bond acceptors (Lipinski definition) is 3. The molecule has 4 aromatic heterocycles. The van der Waals surface area contributed by atoms with Gasteiger partial charge >= 0.3 is 6.18 Å². The lowest BCUT2D eigenvalue weighted by molar-refractivity contribution is -0.138. The number of aromatic amines is 1. The molecule has 0 aliphatic rings. The first-order valence-corrected chi connectivity index (χ1v) is 8.34. The highest BCUT2D eigenvalue weighted by Crippen LogP contribution is 2.33. The van der Waals surface area contributed by atoms with Crippen LogP contribution in [0.2, 0.25) is 0 Å². The predicted molar refractivity (Wildman–Crippen MR) is 94.8 cm³/mol. The zero-order valence-corrected chi connectivity index (χ0v) is 14.3. The Morgan fingerprint density at radius 1 is 1.04 bits per heavy atom. The van der Waals surface area contributed by atoms with Crippen LogP contribution in [0.5, 0.6) is 0 Å². The molecular formula is C20H13F4N4. The maximum absolute atomic E-state index is 14.5. The van der Waals surface area contributed by atoms with Gasteiger partial charge in [-0.15, -0.1) is 0 Å². The predicted octanol–water partition coefficient (Wildman–Crippen LogP) is 4.70.